The molecule has 0 saturated heterocycles. The molecule has 5 aromatic carbocycles. The Morgan fingerprint density at radius 3 is 2.09 bits per heavy atom. The lowest BCUT2D eigenvalue weighted by Crippen LogP contribution is -2.17. The summed E-state index contributed by atoms with van der Waals surface area (Å²) in [5, 5.41) is 8.74. The van der Waals surface area contributed by atoms with Crippen molar-refractivity contribution in [1.82, 2.24) is 5.43 Å². The van der Waals surface area contributed by atoms with Gasteiger partial charge in [0.2, 0.25) is 0 Å². The Morgan fingerprint density at radius 2 is 1.44 bits per heavy atom. The number of hydrogen-bond donors (Lipinski definition) is 1. The van der Waals surface area contributed by atoms with Gasteiger partial charge in [-0.3, -0.25) is 4.79 Å². The second-order valence-electron chi connectivity index (χ2n) is 8.23. The molecule has 0 atom stereocenters. The maximum Gasteiger partial charge on any atom is 0.271 e. The van der Waals surface area contributed by atoms with E-state index in [0.29, 0.717) is 12.2 Å². The SMILES string of the molecule is Cc1ccc(OCc2ccc(C(=O)NN=Cc3c4ccccc4cc4ccccc34)cc2)cc1. The fourth-order valence-electron chi connectivity index (χ4n) is 3.96. The fourth-order valence-corrected chi connectivity index (χ4v) is 3.96. The molecule has 0 aromatic heterocycles. The number of aryl methyl sites for hydroxylation is 1. The molecule has 1 N–H and O–H groups in total. The minimum atomic E-state index is -0.258. The van der Waals surface area contributed by atoms with Gasteiger partial charge in [-0.15, -0.1) is 0 Å². The number of carbonyl (C=O) groups excluding carboxylic acids is 1. The normalized spacial score (nSPS) is 11.2. The lowest BCUT2D eigenvalue weighted by Gasteiger charge is -2.08. The molecule has 0 heterocycles. The predicted molar refractivity (Wildman–Crippen MR) is 138 cm³/mol. The summed E-state index contributed by atoms with van der Waals surface area (Å²) in [6, 6.07) is 33.9. The number of nitrogens with zero attached hydrogens (tertiary/aromatic N) is 1. The average Bonchev–Trinajstić information content (AvgIpc) is 2.88. The van der Waals surface area contributed by atoms with Crippen molar-refractivity contribution in [3.8, 4) is 5.75 Å². The van der Waals surface area contributed by atoms with Gasteiger partial charge >= 0.3 is 0 Å². The van der Waals surface area contributed by atoms with Crippen LogP contribution in [0.4, 0.5) is 0 Å². The Kier molecular flexibility index (Phi) is 6.04. The molecule has 0 aliphatic rings. The first-order valence-electron chi connectivity index (χ1n) is 11.2. The van der Waals surface area contributed by atoms with Gasteiger partial charge in [0.1, 0.15) is 12.4 Å². The highest BCUT2D eigenvalue weighted by molar-refractivity contribution is 6.13. The number of nitrogens with one attached hydrogen (secondary N) is 1. The molecule has 4 heteroatoms. The predicted octanol–water partition coefficient (Wildman–Crippen LogP) is 6.64. The van der Waals surface area contributed by atoms with E-state index < -0.39 is 0 Å². The Balaban J connectivity index is 1.28. The molecule has 5 aromatic rings. The van der Waals surface area contributed by atoms with E-state index in [1.807, 2.05) is 67.6 Å². The van der Waals surface area contributed by atoms with Crippen LogP contribution < -0.4 is 10.2 Å². The van der Waals surface area contributed by atoms with Crippen molar-refractivity contribution in [2.75, 3.05) is 0 Å². The van der Waals surface area contributed by atoms with Crippen LogP contribution in [-0.4, -0.2) is 12.1 Å². The van der Waals surface area contributed by atoms with Crippen molar-refractivity contribution in [2.24, 2.45) is 5.10 Å². The summed E-state index contributed by atoms with van der Waals surface area (Å²) in [6.07, 6.45) is 1.73. The minimum Gasteiger partial charge on any atom is -0.489 e. The van der Waals surface area contributed by atoms with E-state index in [1.54, 1.807) is 18.3 Å². The van der Waals surface area contributed by atoms with Gasteiger partial charge in [-0.1, -0.05) is 78.4 Å². The third-order valence-electron chi connectivity index (χ3n) is 5.82. The molecule has 0 aliphatic heterocycles. The van der Waals surface area contributed by atoms with Crippen molar-refractivity contribution in [3.63, 3.8) is 0 Å². The van der Waals surface area contributed by atoms with E-state index in [1.165, 1.54) is 5.56 Å². The van der Waals surface area contributed by atoms with Crippen molar-refractivity contribution in [3.05, 3.63) is 125 Å². The average molecular weight is 445 g/mol. The van der Waals surface area contributed by atoms with Gasteiger partial charge in [0.05, 0.1) is 6.21 Å². The number of hydrazone groups is 1. The zero-order valence-electron chi connectivity index (χ0n) is 18.9. The Hall–Kier alpha value is -4.44. The highest BCUT2D eigenvalue weighted by Gasteiger charge is 2.07. The number of benzene rings is 5. The van der Waals surface area contributed by atoms with Gasteiger partial charge in [0.15, 0.2) is 0 Å². The van der Waals surface area contributed by atoms with E-state index >= 15 is 0 Å². The van der Waals surface area contributed by atoms with E-state index in [2.05, 4.69) is 40.9 Å². The lowest BCUT2D eigenvalue weighted by molar-refractivity contribution is 0.0955. The van der Waals surface area contributed by atoms with Crippen molar-refractivity contribution >= 4 is 33.7 Å². The first kappa shape index (κ1) is 21.4. The quantitative estimate of drug-likeness (QED) is 0.181. The fraction of sp³-hybridized carbons (Fsp3) is 0.0667. The van der Waals surface area contributed by atoms with Crippen LogP contribution in [0.2, 0.25) is 0 Å². The summed E-state index contributed by atoms with van der Waals surface area (Å²) in [6.45, 7) is 2.49. The molecule has 4 nitrogen and oxygen atoms in total. The summed E-state index contributed by atoms with van der Waals surface area (Å²) >= 11 is 0. The van der Waals surface area contributed by atoms with Gasteiger partial charge < -0.3 is 4.74 Å². The lowest BCUT2D eigenvalue weighted by atomic mass is 9.97. The van der Waals surface area contributed by atoms with Crippen LogP contribution in [0.15, 0.2) is 108 Å². The van der Waals surface area contributed by atoms with Crippen LogP contribution >= 0.6 is 0 Å². The number of fused-ring (bicyclic) bond motifs is 2. The third kappa shape index (κ3) is 4.66. The summed E-state index contributed by atoms with van der Waals surface area (Å²) in [5.41, 5.74) is 6.37. The van der Waals surface area contributed by atoms with E-state index in [0.717, 1.165) is 38.4 Å². The zero-order valence-corrected chi connectivity index (χ0v) is 18.9. The van der Waals surface area contributed by atoms with E-state index in [4.69, 9.17) is 4.74 Å². The van der Waals surface area contributed by atoms with E-state index in [-0.39, 0.29) is 5.91 Å². The molecular formula is C30H24N2O2. The third-order valence-corrected chi connectivity index (χ3v) is 5.82. The van der Waals surface area contributed by atoms with Crippen LogP contribution in [0.1, 0.15) is 27.0 Å². The number of rotatable bonds is 6. The highest BCUT2D eigenvalue weighted by atomic mass is 16.5. The van der Waals surface area contributed by atoms with Crippen molar-refractivity contribution in [1.29, 1.82) is 0 Å². The zero-order chi connectivity index (χ0) is 23.3. The Bertz CT molecular complexity index is 1430. The monoisotopic (exact) mass is 444 g/mol. The number of amides is 1. The summed E-state index contributed by atoms with van der Waals surface area (Å²) in [5.74, 6) is 0.564. The van der Waals surface area contributed by atoms with Gasteiger partial charge in [0.25, 0.3) is 5.91 Å². The molecule has 1 amide bonds. The molecule has 166 valence electrons. The molecule has 0 spiro atoms. The maximum atomic E-state index is 12.6. The topological polar surface area (TPSA) is 50.7 Å². The van der Waals surface area contributed by atoms with Crippen LogP contribution in [0.5, 0.6) is 5.75 Å². The van der Waals surface area contributed by atoms with Crippen molar-refractivity contribution in [2.45, 2.75) is 13.5 Å². The van der Waals surface area contributed by atoms with E-state index in [9.17, 15) is 4.79 Å². The molecule has 0 radical (unpaired) electrons. The Labute approximate surface area is 198 Å². The van der Waals surface area contributed by atoms with Crippen LogP contribution in [-0.2, 0) is 6.61 Å². The second kappa shape index (κ2) is 9.59. The second-order valence-corrected chi connectivity index (χ2v) is 8.23. The van der Waals surface area contributed by atoms with Gasteiger partial charge in [-0.2, -0.15) is 5.10 Å². The van der Waals surface area contributed by atoms with Crippen LogP contribution in [0, 0.1) is 6.92 Å². The molecule has 0 bridgehead atoms. The van der Waals surface area contributed by atoms with Gasteiger partial charge in [-0.05, 0) is 64.4 Å². The largest absolute Gasteiger partial charge is 0.489 e. The first-order valence-corrected chi connectivity index (χ1v) is 11.2. The summed E-state index contributed by atoms with van der Waals surface area (Å²) in [4.78, 5) is 12.6. The maximum absolute atomic E-state index is 12.6. The number of ether oxygens (including phenoxy) is 1. The smallest absolute Gasteiger partial charge is 0.271 e. The minimum absolute atomic E-state index is 0.258. The molecule has 0 saturated carbocycles. The number of carbonyl (C=O) groups is 1. The number of hydrogen-bond acceptors (Lipinski definition) is 3. The first-order chi connectivity index (χ1) is 16.7. The highest BCUT2D eigenvalue weighted by Crippen LogP contribution is 2.27. The molecular weight excluding hydrogens is 420 g/mol. The summed E-state index contributed by atoms with van der Waals surface area (Å²) < 4.78 is 5.81. The van der Waals surface area contributed by atoms with Gasteiger partial charge in [0, 0.05) is 11.1 Å². The van der Waals surface area contributed by atoms with Crippen LogP contribution in [0.3, 0.4) is 0 Å². The Morgan fingerprint density at radius 1 is 0.824 bits per heavy atom. The standard InChI is InChI=1S/C30H24N2O2/c1-21-10-16-26(17-11-21)34-20-22-12-14-23(15-13-22)30(33)32-31-19-29-27-8-4-2-6-24(27)18-25-7-3-5-9-28(25)29/h2-19H,20H2,1H3,(H,32,33). The van der Waals surface area contributed by atoms with Crippen molar-refractivity contribution < 1.29 is 9.53 Å². The molecule has 0 unspecified atom stereocenters. The molecule has 5 rings (SSSR count). The van der Waals surface area contributed by atoms with Gasteiger partial charge in [-0.25, -0.2) is 5.43 Å². The molecule has 0 aliphatic carbocycles. The summed E-state index contributed by atoms with van der Waals surface area (Å²) in [7, 11) is 0. The molecule has 0 fully saturated rings. The van der Waals surface area contributed by atoms with Crippen LogP contribution in [0.25, 0.3) is 21.5 Å². The molecule has 34 heavy (non-hydrogen) atoms.